The van der Waals surface area contributed by atoms with Crippen molar-refractivity contribution in [2.75, 3.05) is 12.4 Å². The number of nitro groups is 1. The molecule has 0 bridgehead atoms. The van der Waals surface area contributed by atoms with Gasteiger partial charge in [-0.25, -0.2) is 0 Å². The molecule has 0 unspecified atom stereocenters. The van der Waals surface area contributed by atoms with Crippen LogP contribution in [0.2, 0.25) is 5.02 Å². The number of hydrogen-bond donors (Lipinski definition) is 2. The van der Waals surface area contributed by atoms with E-state index >= 15 is 0 Å². The molecule has 0 aliphatic heterocycles. The van der Waals surface area contributed by atoms with Crippen LogP contribution in [0.3, 0.4) is 0 Å². The first-order valence-corrected chi connectivity index (χ1v) is 6.87. The molecular weight excluding hydrogens is 282 g/mol. The number of anilines is 1. The SMILES string of the molecule is CNc1cc(Cl)c(C(=O)NC2CCCC2)cc1[N+](=O)[O-]. The van der Waals surface area contributed by atoms with Crippen molar-refractivity contribution in [1.29, 1.82) is 0 Å². The average Bonchev–Trinajstić information content (AvgIpc) is 2.90. The Hall–Kier alpha value is -1.82. The average molecular weight is 298 g/mol. The highest BCUT2D eigenvalue weighted by Crippen LogP contribution is 2.31. The molecule has 0 atom stereocenters. The Morgan fingerprint density at radius 2 is 2.05 bits per heavy atom. The largest absolute Gasteiger partial charge is 0.383 e. The Bertz CT molecular complexity index is 542. The number of amides is 1. The number of hydrogen-bond acceptors (Lipinski definition) is 4. The van der Waals surface area contributed by atoms with Crippen molar-refractivity contribution in [1.82, 2.24) is 5.32 Å². The van der Waals surface area contributed by atoms with E-state index in [4.69, 9.17) is 11.6 Å². The van der Waals surface area contributed by atoms with E-state index in [1.54, 1.807) is 7.05 Å². The number of nitro benzene ring substituents is 1. The lowest BCUT2D eigenvalue weighted by Crippen LogP contribution is -2.32. The van der Waals surface area contributed by atoms with Gasteiger partial charge in [-0.3, -0.25) is 14.9 Å². The molecule has 1 amide bonds. The van der Waals surface area contributed by atoms with E-state index in [2.05, 4.69) is 10.6 Å². The smallest absolute Gasteiger partial charge is 0.293 e. The summed E-state index contributed by atoms with van der Waals surface area (Å²) in [5, 5.41) is 16.8. The van der Waals surface area contributed by atoms with Gasteiger partial charge in [0.15, 0.2) is 0 Å². The highest BCUT2D eigenvalue weighted by atomic mass is 35.5. The second-order valence-electron chi connectivity index (χ2n) is 4.81. The molecule has 2 N–H and O–H groups in total. The number of benzene rings is 1. The van der Waals surface area contributed by atoms with Crippen molar-refractivity contribution in [2.24, 2.45) is 0 Å². The van der Waals surface area contributed by atoms with Gasteiger partial charge in [0.05, 0.1) is 15.5 Å². The molecule has 0 saturated heterocycles. The molecule has 1 aromatic rings. The van der Waals surface area contributed by atoms with Crippen LogP contribution in [0.4, 0.5) is 11.4 Å². The van der Waals surface area contributed by atoms with E-state index in [1.165, 1.54) is 12.1 Å². The number of nitrogens with one attached hydrogen (secondary N) is 2. The maximum Gasteiger partial charge on any atom is 0.293 e. The zero-order valence-corrected chi connectivity index (χ0v) is 11.9. The van der Waals surface area contributed by atoms with E-state index in [0.717, 1.165) is 25.7 Å². The van der Waals surface area contributed by atoms with Gasteiger partial charge >= 0.3 is 0 Å². The molecule has 1 saturated carbocycles. The molecule has 7 heteroatoms. The normalized spacial score (nSPS) is 15.1. The highest BCUT2D eigenvalue weighted by molar-refractivity contribution is 6.34. The van der Waals surface area contributed by atoms with Crippen molar-refractivity contribution in [3.8, 4) is 0 Å². The minimum Gasteiger partial charge on any atom is -0.383 e. The maximum absolute atomic E-state index is 12.2. The van der Waals surface area contributed by atoms with Gasteiger partial charge in [0.2, 0.25) is 0 Å². The zero-order valence-electron chi connectivity index (χ0n) is 11.1. The van der Waals surface area contributed by atoms with Gasteiger partial charge in [0.25, 0.3) is 11.6 Å². The number of carbonyl (C=O) groups is 1. The molecule has 20 heavy (non-hydrogen) atoms. The number of halogens is 1. The van der Waals surface area contributed by atoms with Gasteiger partial charge in [0, 0.05) is 19.2 Å². The summed E-state index contributed by atoms with van der Waals surface area (Å²) in [6, 6.07) is 2.77. The molecule has 0 spiro atoms. The van der Waals surface area contributed by atoms with Crippen LogP contribution in [0.1, 0.15) is 36.0 Å². The van der Waals surface area contributed by atoms with E-state index in [9.17, 15) is 14.9 Å². The third kappa shape index (κ3) is 3.01. The van der Waals surface area contributed by atoms with Crippen LogP contribution in [-0.2, 0) is 0 Å². The molecular formula is C13H16ClN3O3. The molecule has 1 fully saturated rings. The quantitative estimate of drug-likeness (QED) is 0.661. The Labute approximate surface area is 121 Å². The zero-order chi connectivity index (χ0) is 14.7. The Kier molecular flexibility index (Phi) is 4.44. The summed E-state index contributed by atoms with van der Waals surface area (Å²) in [4.78, 5) is 22.6. The van der Waals surface area contributed by atoms with Crippen molar-refractivity contribution >= 4 is 28.9 Å². The fourth-order valence-corrected chi connectivity index (χ4v) is 2.67. The van der Waals surface area contributed by atoms with Crippen LogP contribution >= 0.6 is 11.6 Å². The van der Waals surface area contributed by atoms with Gasteiger partial charge in [0.1, 0.15) is 5.69 Å². The Morgan fingerprint density at radius 1 is 1.40 bits per heavy atom. The lowest BCUT2D eigenvalue weighted by Gasteiger charge is -2.13. The van der Waals surface area contributed by atoms with Gasteiger partial charge in [-0.1, -0.05) is 24.4 Å². The number of carbonyl (C=O) groups excluding carboxylic acids is 1. The molecule has 1 aliphatic rings. The van der Waals surface area contributed by atoms with Gasteiger partial charge in [-0.2, -0.15) is 0 Å². The predicted octanol–water partition coefficient (Wildman–Crippen LogP) is 2.96. The van der Waals surface area contributed by atoms with Crippen molar-refractivity contribution in [2.45, 2.75) is 31.7 Å². The van der Waals surface area contributed by atoms with Crippen molar-refractivity contribution in [3.63, 3.8) is 0 Å². The summed E-state index contributed by atoms with van der Waals surface area (Å²) in [6.45, 7) is 0. The van der Waals surface area contributed by atoms with Gasteiger partial charge in [-0.15, -0.1) is 0 Å². The summed E-state index contributed by atoms with van der Waals surface area (Å²) in [5.74, 6) is -0.354. The van der Waals surface area contributed by atoms with Gasteiger partial charge in [-0.05, 0) is 18.9 Å². The summed E-state index contributed by atoms with van der Waals surface area (Å²) >= 11 is 6.04. The summed E-state index contributed by atoms with van der Waals surface area (Å²) in [6.07, 6.45) is 4.08. The molecule has 2 rings (SSSR count). The first-order chi connectivity index (χ1) is 9.52. The Balaban J connectivity index is 2.28. The first-order valence-electron chi connectivity index (χ1n) is 6.49. The van der Waals surface area contributed by atoms with E-state index in [-0.39, 0.29) is 33.9 Å². The number of nitrogens with zero attached hydrogens (tertiary/aromatic N) is 1. The molecule has 108 valence electrons. The highest BCUT2D eigenvalue weighted by Gasteiger charge is 2.23. The second-order valence-corrected chi connectivity index (χ2v) is 5.22. The molecule has 1 aliphatic carbocycles. The second kappa shape index (κ2) is 6.09. The third-order valence-electron chi connectivity index (χ3n) is 3.49. The van der Waals surface area contributed by atoms with Crippen molar-refractivity contribution < 1.29 is 9.72 Å². The van der Waals surface area contributed by atoms with Gasteiger partial charge < -0.3 is 10.6 Å². The number of rotatable bonds is 4. The molecule has 6 nitrogen and oxygen atoms in total. The molecule has 0 heterocycles. The lowest BCUT2D eigenvalue weighted by atomic mass is 10.1. The van der Waals surface area contributed by atoms with E-state index in [1.807, 2.05) is 0 Å². The lowest BCUT2D eigenvalue weighted by molar-refractivity contribution is -0.384. The Morgan fingerprint density at radius 3 is 2.60 bits per heavy atom. The van der Waals surface area contributed by atoms with Crippen LogP contribution in [-0.4, -0.2) is 23.9 Å². The molecule has 0 radical (unpaired) electrons. The van der Waals surface area contributed by atoms with Crippen LogP contribution in [0.5, 0.6) is 0 Å². The molecule has 0 aromatic heterocycles. The third-order valence-corrected chi connectivity index (χ3v) is 3.80. The predicted molar refractivity (Wildman–Crippen MR) is 77.4 cm³/mol. The van der Waals surface area contributed by atoms with Crippen LogP contribution in [0.25, 0.3) is 0 Å². The minimum atomic E-state index is -0.533. The van der Waals surface area contributed by atoms with Crippen LogP contribution in [0, 0.1) is 10.1 Å². The maximum atomic E-state index is 12.2. The van der Waals surface area contributed by atoms with Crippen LogP contribution < -0.4 is 10.6 Å². The van der Waals surface area contributed by atoms with Crippen LogP contribution in [0.15, 0.2) is 12.1 Å². The first kappa shape index (κ1) is 14.6. The topological polar surface area (TPSA) is 84.3 Å². The standard InChI is InChI=1S/C13H16ClN3O3/c1-15-11-7-10(14)9(6-12(11)17(19)20)13(18)16-8-4-2-3-5-8/h6-8,15H,2-5H2,1H3,(H,16,18). The molecule has 1 aromatic carbocycles. The minimum absolute atomic E-state index is 0.140. The fraction of sp³-hybridized carbons (Fsp3) is 0.462. The van der Waals surface area contributed by atoms with Crippen molar-refractivity contribution in [3.05, 3.63) is 32.8 Å². The fourth-order valence-electron chi connectivity index (χ4n) is 2.42. The monoisotopic (exact) mass is 297 g/mol. The summed E-state index contributed by atoms with van der Waals surface area (Å²) in [7, 11) is 1.57. The summed E-state index contributed by atoms with van der Waals surface area (Å²) < 4.78 is 0. The summed E-state index contributed by atoms with van der Waals surface area (Å²) in [5.41, 5.74) is 0.273. The van der Waals surface area contributed by atoms with E-state index < -0.39 is 4.92 Å². The van der Waals surface area contributed by atoms with E-state index in [0.29, 0.717) is 0 Å².